The molecule has 0 fully saturated rings. The third kappa shape index (κ3) is 10.6. The van der Waals surface area contributed by atoms with Crippen LogP contribution >= 0.6 is 0 Å². The summed E-state index contributed by atoms with van der Waals surface area (Å²) in [4.78, 5) is 0. The maximum Gasteiger partial charge on any atom is -0.0262 e. The molecular formula is C17H32. The molecule has 0 rings (SSSR count). The number of allylic oxidation sites excluding steroid dienone is 2. The SMILES string of the molecule is [CH2]CCCC(C)CC(C)C/C=C/C(C)CC[CH2]. The Morgan fingerprint density at radius 1 is 0.941 bits per heavy atom. The lowest BCUT2D eigenvalue weighted by atomic mass is 9.91. The second-order valence-corrected chi connectivity index (χ2v) is 5.73. The van der Waals surface area contributed by atoms with E-state index in [0.29, 0.717) is 5.92 Å². The number of unbranched alkanes of at least 4 members (excludes halogenated alkanes) is 1. The summed E-state index contributed by atoms with van der Waals surface area (Å²) in [5.41, 5.74) is 0. The van der Waals surface area contributed by atoms with E-state index in [4.69, 9.17) is 0 Å². The molecule has 3 unspecified atom stereocenters. The summed E-state index contributed by atoms with van der Waals surface area (Å²) in [6.07, 6.45) is 13.3. The first kappa shape index (κ1) is 16.7. The molecule has 0 aromatic rings. The van der Waals surface area contributed by atoms with Gasteiger partial charge in [0.1, 0.15) is 0 Å². The largest absolute Gasteiger partial charge is 0.0880 e. The van der Waals surface area contributed by atoms with Crippen LogP contribution in [0, 0.1) is 31.6 Å². The van der Waals surface area contributed by atoms with Crippen molar-refractivity contribution in [2.45, 2.75) is 65.7 Å². The molecule has 0 aromatic carbocycles. The van der Waals surface area contributed by atoms with Crippen molar-refractivity contribution in [2.75, 3.05) is 0 Å². The molecule has 0 aromatic heterocycles. The molecule has 0 aliphatic rings. The first-order valence-electron chi connectivity index (χ1n) is 7.35. The van der Waals surface area contributed by atoms with E-state index in [1.165, 1.54) is 32.1 Å². The minimum absolute atomic E-state index is 0.697. The fraction of sp³-hybridized carbons (Fsp3) is 0.765. The lowest BCUT2D eigenvalue weighted by molar-refractivity contribution is 0.389. The van der Waals surface area contributed by atoms with Crippen molar-refractivity contribution in [3.8, 4) is 0 Å². The van der Waals surface area contributed by atoms with Crippen LogP contribution < -0.4 is 0 Å². The monoisotopic (exact) mass is 236 g/mol. The zero-order chi connectivity index (χ0) is 13.1. The van der Waals surface area contributed by atoms with Crippen LogP contribution in [0.5, 0.6) is 0 Å². The van der Waals surface area contributed by atoms with Gasteiger partial charge in [-0.3, -0.25) is 0 Å². The van der Waals surface area contributed by atoms with Gasteiger partial charge in [-0.25, -0.2) is 0 Å². The lowest BCUT2D eigenvalue weighted by Gasteiger charge is -2.15. The van der Waals surface area contributed by atoms with Crippen molar-refractivity contribution in [2.24, 2.45) is 17.8 Å². The predicted octanol–water partition coefficient (Wildman–Crippen LogP) is 5.85. The molecular weight excluding hydrogens is 204 g/mol. The summed E-state index contributed by atoms with van der Waals surface area (Å²) in [5, 5.41) is 0. The smallest absolute Gasteiger partial charge is 0.0262 e. The van der Waals surface area contributed by atoms with Gasteiger partial charge >= 0.3 is 0 Å². The summed E-state index contributed by atoms with van der Waals surface area (Å²) < 4.78 is 0. The van der Waals surface area contributed by atoms with Crippen LogP contribution in [0.4, 0.5) is 0 Å². The Morgan fingerprint density at radius 2 is 1.65 bits per heavy atom. The summed E-state index contributed by atoms with van der Waals surface area (Å²) >= 11 is 0. The first-order valence-corrected chi connectivity index (χ1v) is 7.35. The van der Waals surface area contributed by atoms with Gasteiger partial charge in [0.2, 0.25) is 0 Å². The highest BCUT2D eigenvalue weighted by Crippen LogP contribution is 2.20. The molecule has 0 saturated heterocycles. The number of hydrogen-bond donors (Lipinski definition) is 0. The van der Waals surface area contributed by atoms with Crippen LogP contribution in [0.2, 0.25) is 0 Å². The van der Waals surface area contributed by atoms with Crippen LogP contribution in [-0.4, -0.2) is 0 Å². The van der Waals surface area contributed by atoms with Gasteiger partial charge in [-0.15, -0.1) is 0 Å². The van der Waals surface area contributed by atoms with E-state index in [1.807, 2.05) is 0 Å². The van der Waals surface area contributed by atoms with E-state index in [9.17, 15) is 0 Å². The Bertz CT molecular complexity index is 180. The molecule has 0 nitrogen and oxygen atoms in total. The topological polar surface area (TPSA) is 0 Å². The van der Waals surface area contributed by atoms with Gasteiger partial charge in [-0.1, -0.05) is 72.5 Å². The molecule has 0 aliphatic heterocycles. The molecule has 0 aliphatic carbocycles. The van der Waals surface area contributed by atoms with Gasteiger partial charge in [-0.05, 0) is 37.0 Å². The van der Waals surface area contributed by atoms with Gasteiger partial charge in [0.25, 0.3) is 0 Å². The van der Waals surface area contributed by atoms with Crippen LogP contribution in [-0.2, 0) is 0 Å². The predicted molar refractivity (Wildman–Crippen MR) is 79.7 cm³/mol. The normalized spacial score (nSPS) is 17.2. The minimum atomic E-state index is 0.697. The average molecular weight is 236 g/mol. The highest BCUT2D eigenvalue weighted by atomic mass is 14.1. The Hall–Kier alpha value is -0.260. The second kappa shape index (κ2) is 10.9. The minimum Gasteiger partial charge on any atom is -0.0880 e. The maximum absolute atomic E-state index is 3.91. The van der Waals surface area contributed by atoms with Crippen molar-refractivity contribution in [1.29, 1.82) is 0 Å². The number of hydrogen-bond acceptors (Lipinski definition) is 0. The fourth-order valence-corrected chi connectivity index (χ4v) is 2.36. The standard InChI is InChI=1S/C17H32/c1-6-8-11-16(4)14-17(5)13-9-12-15(3)10-7-2/h9,12,15-17H,1-2,6-8,10-11,13-14H2,3-5H3/b12-9+. The van der Waals surface area contributed by atoms with E-state index >= 15 is 0 Å². The second-order valence-electron chi connectivity index (χ2n) is 5.73. The Morgan fingerprint density at radius 3 is 2.24 bits per heavy atom. The Balaban J connectivity index is 3.67. The molecule has 0 saturated carbocycles. The maximum atomic E-state index is 3.91. The molecule has 17 heavy (non-hydrogen) atoms. The van der Waals surface area contributed by atoms with Gasteiger partial charge < -0.3 is 0 Å². The summed E-state index contributed by atoms with van der Waals surface area (Å²) in [7, 11) is 0. The molecule has 0 spiro atoms. The molecule has 0 amide bonds. The highest BCUT2D eigenvalue weighted by molar-refractivity contribution is 4.87. The first-order chi connectivity index (χ1) is 8.10. The molecule has 3 atom stereocenters. The molecule has 0 heterocycles. The van der Waals surface area contributed by atoms with Crippen LogP contribution in [0.15, 0.2) is 12.2 Å². The van der Waals surface area contributed by atoms with E-state index in [0.717, 1.165) is 24.7 Å². The van der Waals surface area contributed by atoms with Crippen LogP contribution in [0.25, 0.3) is 0 Å². The molecule has 0 N–H and O–H groups in total. The van der Waals surface area contributed by atoms with Crippen LogP contribution in [0.3, 0.4) is 0 Å². The van der Waals surface area contributed by atoms with E-state index in [2.05, 4.69) is 46.8 Å². The van der Waals surface area contributed by atoms with Crippen molar-refractivity contribution < 1.29 is 0 Å². The lowest BCUT2D eigenvalue weighted by Crippen LogP contribution is -2.02. The van der Waals surface area contributed by atoms with Crippen molar-refractivity contribution in [3.63, 3.8) is 0 Å². The fourth-order valence-electron chi connectivity index (χ4n) is 2.36. The zero-order valence-electron chi connectivity index (χ0n) is 12.3. The summed E-state index contributed by atoms with van der Waals surface area (Å²) in [6, 6.07) is 0. The molecule has 0 heteroatoms. The van der Waals surface area contributed by atoms with E-state index in [1.54, 1.807) is 0 Å². The van der Waals surface area contributed by atoms with Crippen molar-refractivity contribution in [1.82, 2.24) is 0 Å². The molecule has 2 radical (unpaired) electrons. The zero-order valence-corrected chi connectivity index (χ0v) is 12.3. The quantitative estimate of drug-likeness (QED) is 0.417. The van der Waals surface area contributed by atoms with E-state index in [-0.39, 0.29) is 0 Å². The van der Waals surface area contributed by atoms with Crippen molar-refractivity contribution >= 4 is 0 Å². The summed E-state index contributed by atoms with van der Waals surface area (Å²) in [6.45, 7) is 14.8. The van der Waals surface area contributed by atoms with Gasteiger partial charge in [0.15, 0.2) is 0 Å². The highest BCUT2D eigenvalue weighted by Gasteiger charge is 2.07. The van der Waals surface area contributed by atoms with Gasteiger partial charge in [0.05, 0.1) is 0 Å². The van der Waals surface area contributed by atoms with Gasteiger partial charge in [-0.2, -0.15) is 0 Å². The molecule has 100 valence electrons. The van der Waals surface area contributed by atoms with Gasteiger partial charge in [0, 0.05) is 0 Å². The Kier molecular flexibility index (Phi) is 10.7. The third-order valence-electron chi connectivity index (χ3n) is 3.41. The summed E-state index contributed by atoms with van der Waals surface area (Å²) in [5.74, 6) is 2.37. The van der Waals surface area contributed by atoms with Crippen LogP contribution in [0.1, 0.15) is 65.7 Å². The number of rotatable bonds is 10. The van der Waals surface area contributed by atoms with Crippen molar-refractivity contribution in [3.05, 3.63) is 26.0 Å². The Labute approximate surface area is 110 Å². The average Bonchev–Trinajstić information content (AvgIpc) is 2.26. The molecule has 0 bridgehead atoms. The van der Waals surface area contributed by atoms with E-state index < -0.39 is 0 Å². The third-order valence-corrected chi connectivity index (χ3v) is 3.41.